The molecule has 0 saturated heterocycles. The van der Waals surface area contributed by atoms with Crippen molar-refractivity contribution in [2.75, 3.05) is 31.7 Å². The summed E-state index contributed by atoms with van der Waals surface area (Å²) in [5.41, 5.74) is 4.32. The molecule has 0 aromatic heterocycles. The van der Waals surface area contributed by atoms with Crippen molar-refractivity contribution in [3.63, 3.8) is 0 Å². The van der Waals surface area contributed by atoms with Gasteiger partial charge in [-0.05, 0) is 60.3 Å². The van der Waals surface area contributed by atoms with Gasteiger partial charge in [-0.15, -0.1) is 13.2 Å². The number of aromatic hydroxyl groups is 1. The summed E-state index contributed by atoms with van der Waals surface area (Å²) in [6.45, 7) is 10.8. The van der Waals surface area contributed by atoms with E-state index in [1.807, 2.05) is 50.4 Å². The molecule has 0 radical (unpaired) electrons. The maximum atomic E-state index is 9.97. The van der Waals surface area contributed by atoms with E-state index >= 15 is 0 Å². The van der Waals surface area contributed by atoms with Crippen LogP contribution in [-0.2, 0) is 12.8 Å². The van der Waals surface area contributed by atoms with Gasteiger partial charge in [0.25, 0.3) is 0 Å². The first kappa shape index (κ1) is 29.9. The zero-order valence-corrected chi connectivity index (χ0v) is 22.5. The third-order valence-corrected chi connectivity index (χ3v) is 5.59. The van der Waals surface area contributed by atoms with Gasteiger partial charge in [-0.3, -0.25) is 0 Å². The van der Waals surface area contributed by atoms with Crippen molar-refractivity contribution in [3.05, 3.63) is 96.6 Å². The summed E-state index contributed by atoms with van der Waals surface area (Å²) in [6.07, 6.45) is 3.65. The van der Waals surface area contributed by atoms with Gasteiger partial charge in [0.05, 0.1) is 19.9 Å². The fourth-order valence-electron chi connectivity index (χ4n) is 3.55. The van der Waals surface area contributed by atoms with Crippen LogP contribution in [0.1, 0.15) is 36.6 Å². The second kappa shape index (κ2) is 17.4. The lowest BCUT2D eigenvalue weighted by molar-refractivity contribution is 0.353. The molecule has 3 N–H and O–H groups in total. The minimum Gasteiger partial charge on any atom is -0.506 e. The Kier molecular flexibility index (Phi) is 14.9. The molecule has 0 amide bonds. The number of benzene rings is 3. The van der Waals surface area contributed by atoms with Gasteiger partial charge in [0.2, 0.25) is 0 Å². The van der Waals surface area contributed by atoms with E-state index in [0.29, 0.717) is 0 Å². The van der Waals surface area contributed by atoms with E-state index in [1.165, 1.54) is 17.5 Å². The Hall–Kier alpha value is -3.09. The number of anilines is 1. The summed E-state index contributed by atoms with van der Waals surface area (Å²) >= 11 is 1.46. The second-order valence-electron chi connectivity index (χ2n) is 7.22. The van der Waals surface area contributed by atoms with Gasteiger partial charge < -0.3 is 24.6 Å². The highest BCUT2D eigenvalue weighted by molar-refractivity contribution is 7.99. The fourth-order valence-corrected chi connectivity index (χ4v) is 3.93. The SMILES string of the molecule is C=C.CC.COc1ccc(C(Cc2ccccc2)NCCc2ccc(O)c(NSC)c2)cc1OC. The van der Waals surface area contributed by atoms with Crippen molar-refractivity contribution >= 4 is 17.6 Å². The molecule has 0 saturated carbocycles. The highest BCUT2D eigenvalue weighted by atomic mass is 32.2. The predicted octanol–water partition coefficient (Wildman–Crippen LogP) is 7.04. The number of hydrogen-bond donors (Lipinski definition) is 3. The third-order valence-electron chi connectivity index (χ3n) is 5.17. The fraction of sp³-hybridized carbons (Fsp3) is 0.310. The minimum absolute atomic E-state index is 0.128. The van der Waals surface area contributed by atoms with E-state index in [1.54, 1.807) is 20.3 Å². The van der Waals surface area contributed by atoms with Crippen molar-refractivity contribution in [3.8, 4) is 17.2 Å². The van der Waals surface area contributed by atoms with Crippen molar-refractivity contribution < 1.29 is 14.6 Å². The van der Waals surface area contributed by atoms with Crippen LogP contribution in [0.25, 0.3) is 0 Å². The van der Waals surface area contributed by atoms with Gasteiger partial charge in [-0.25, -0.2) is 0 Å². The average Bonchev–Trinajstić information content (AvgIpc) is 2.92. The molecule has 6 heteroatoms. The Morgan fingerprint density at radius 3 is 2.20 bits per heavy atom. The van der Waals surface area contributed by atoms with Gasteiger partial charge in [-0.1, -0.05) is 68.3 Å². The van der Waals surface area contributed by atoms with Gasteiger partial charge >= 0.3 is 0 Å². The molecule has 1 unspecified atom stereocenters. The summed E-state index contributed by atoms with van der Waals surface area (Å²) < 4.78 is 14.0. The highest BCUT2D eigenvalue weighted by Gasteiger charge is 2.15. The van der Waals surface area contributed by atoms with Crippen molar-refractivity contribution in [2.45, 2.75) is 32.7 Å². The van der Waals surface area contributed by atoms with Crippen LogP contribution in [0.15, 0.2) is 79.9 Å². The van der Waals surface area contributed by atoms with Crippen LogP contribution >= 0.6 is 11.9 Å². The molecule has 0 heterocycles. The largest absolute Gasteiger partial charge is 0.506 e. The predicted molar refractivity (Wildman–Crippen MR) is 152 cm³/mol. The van der Waals surface area contributed by atoms with Crippen LogP contribution < -0.4 is 19.5 Å². The monoisotopic (exact) mass is 496 g/mol. The second-order valence-corrected chi connectivity index (χ2v) is 7.83. The van der Waals surface area contributed by atoms with E-state index in [0.717, 1.165) is 47.7 Å². The quantitative estimate of drug-likeness (QED) is 0.150. The smallest absolute Gasteiger partial charge is 0.161 e. The first-order valence-electron chi connectivity index (χ1n) is 11.7. The molecule has 5 nitrogen and oxygen atoms in total. The first-order chi connectivity index (χ1) is 17.1. The Labute approximate surface area is 215 Å². The van der Waals surface area contributed by atoms with Crippen LogP contribution in [0.4, 0.5) is 5.69 Å². The molecular weight excluding hydrogens is 456 g/mol. The van der Waals surface area contributed by atoms with Gasteiger partial charge in [0, 0.05) is 12.3 Å². The number of rotatable bonds is 11. The number of phenolic OH excluding ortho intramolecular Hbond substituents is 1. The van der Waals surface area contributed by atoms with Crippen LogP contribution in [0.5, 0.6) is 17.2 Å². The zero-order chi connectivity index (χ0) is 26.1. The van der Waals surface area contributed by atoms with E-state index in [4.69, 9.17) is 9.47 Å². The van der Waals surface area contributed by atoms with E-state index < -0.39 is 0 Å². The van der Waals surface area contributed by atoms with Crippen molar-refractivity contribution in [2.24, 2.45) is 0 Å². The Balaban J connectivity index is 0.00000145. The number of methoxy groups -OCH3 is 2. The van der Waals surface area contributed by atoms with Gasteiger partial charge in [0.15, 0.2) is 11.5 Å². The molecule has 0 spiro atoms. The van der Waals surface area contributed by atoms with Crippen LogP contribution in [-0.4, -0.2) is 32.1 Å². The zero-order valence-electron chi connectivity index (χ0n) is 21.6. The Morgan fingerprint density at radius 1 is 0.886 bits per heavy atom. The summed E-state index contributed by atoms with van der Waals surface area (Å²) in [6, 6.07) is 22.4. The number of ether oxygens (including phenoxy) is 2. The van der Waals surface area contributed by atoms with Crippen molar-refractivity contribution in [1.82, 2.24) is 5.32 Å². The maximum Gasteiger partial charge on any atom is 0.161 e. The molecule has 1 atom stereocenters. The van der Waals surface area contributed by atoms with Crippen LogP contribution in [0, 0.1) is 0 Å². The topological polar surface area (TPSA) is 62.8 Å². The summed E-state index contributed by atoms with van der Waals surface area (Å²) in [4.78, 5) is 0. The standard InChI is InChI=1S/C25H30N2O3S.C2H6.C2H4/c1-29-24-12-10-20(17-25(24)30-2)21(15-18-7-5-4-6-8-18)26-14-13-19-9-11-23(28)22(16-19)27-31-3;2*1-2/h4-12,16-17,21,26-28H,13-15H2,1-3H3;1-2H3;1-2H2. The lowest BCUT2D eigenvalue weighted by atomic mass is 9.98. The molecule has 35 heavy (non-hydrogen) atoms. The molecule has 0 bridgehead atoms. The number of hydrogen-bond acceptors (Lipinski definition) is 6. The van der Waals surface area contributed by atoms with Gasteiger partial charge in [0.1, 0.15) is 5.75 Å². The summed E-state index contributed by atoms with van der Waals surface area (Å²) in [5, 5.41) is 13.7. The maximum absolute atomic E-state index is 9.97. The average molecular weight is 497 g/mol. The lowest BCUT2D eigenvalue weighted by Crippen LogP contribution is -2.25. The van der Waals surface area contributed by atoms with Crippen LogP contribution in [0.3, 0.4) is 0 Å². The molecule has 3 aromatic rings. The minimum atomic E-state index is 0.128. The molecular formula is C29H40N2O3S. The molecule has 0 aliphatic heterocycles. The van der Waals surface area contributed by atoms with E-state index in [9.17, 15) is 5.11 Å². The number of nitrogens with one attached hydrogen (secondary N) is 2. The molecule has 190 valence electrons. The third kappa shape index (κ3) is 9.59. The molecule has 3 rings (SSSR count). The van der Waals surface area contributed by atoms with E-state index in [2.05, 4.69) is 53.5 Å². The Morgan fingerprint density at radius 2 is 1.57 bits per heavy atom. The molecule has 3 aromatic carbocycles. The first-order valence-corrected chi connectivity index (χ1v) is 13.0. The summed E-state index contributed by atoms with van der Waals surface area (Å²) in [5.74, 6) is 1.71. The molecule has 0 fully saturated rings. The lowest BCUT2D eigenvalue weighted by Gasteiger charge is -2.21. The van der Waals surface area contributed by atoms with Crippen molar-refractivity contribution in [1.29, 1.82) is 0 Å². The summed E-state index contributed by atoms with van der Waals surface area (Å²) in [7, 11) is 3.31. The Bertz CT molecular complexity index is 983. The molecule has 0 aliphatic carbocycles. The number of phenols is 1. The molecule has 0 aliphatic rings. The van der Waals surface area contributed by atoms with Gasteiger partial charge in [-0.2, -0.15) is 0 Å². The highest BCUT2D eigenvalue weighted by Crippen LogP contribution is 2.31. The van der Waals surface area contributed by atoms with Crippen LogP contribution in [0.2, 0.25) is 0 Å². The normalized spacial score (nSPS) is 10.7. The van der Waals surface area contributed by atoms with E-state index in [-0.39, 0.29) is 11.8 Å².